The summed E-state index contributed by atoms with van der Waals surface area (Å²) in [5, 5.41) is 13.9. The first-order valence-corrected chi connectivity index (χ1v) is 9.09. The second kappa shape index (κ2) is 9.41. The zero-order valence-corrected chi connectivity index (χ0v) is 16.2. The molecule has 29 heavy (non-hydrogen) atoms. The van der Waals surface area contributed by atoms with Crippen molar-refractivity contribution >= 4 is 12.1 Å². The van der Waals surface area contributed by atoms with Gasteiger partial charge in [0.2, 0.25) is 0 Å². The Hall–Kier alpha value is -3.80. The molecule has 0 heterocycles. The van der Waals surface area contributed by atoms with Gasteiger partial charge in [-0.1, -0.05) is 48.5 Å². The lowest BCUT2D eigenvalue weighted by Crippen LogP contribution is -2.33. The number of carbonyl (C=O) groups is 1. The predicted octanol–water partition coefficient (Wildman–Crippen LogP) is 3.99. The Morgan fingerprint density at radius 3 is 2.38 bits per heavy atom. The minimum absolute atomic E-state index is 0.0456. The lowest BCUT2D eigenvalue weighted by atomic mass is 10.1. The van der Waals surface area contributed by atoms with Gasteiger partial charge in [-0.05, 0) is 42.3 Å². The van der Waals surface area contributed by atoms with E-state index in [1.165, 1.54) is 13.3 Å². The van der Waals surface area contributed by atoms with Crippen LogP contribution in [0.2, 0.25) is 0 Å². The fraction of sp³-hybridized carbons (Fsp3) is 0.130. The highest BCUT2D eigenvalue weighted by molar-refractivity contribution is 5.87. The van der Waals surface area contributed by atoms with E-state index in [-0.39, 0.29) is 5.75 Å². The molecule has 6 nitrogen and oxygen atoms in total. The van der Waals surface area contributed by atoms with Crippen molar-refractivity contribution in [3.8, 4) is 28.4 Å². The molecule has 0 aliphatic rings. The SMILES string of the molecule is COc1cccc(/C=N/NC(=O)C(C)Oc2ccc(-c3ccccc3)cc2)c1O. The van der Waals surface area contributed by atoms with Crippen molar-refractivity contribution in [1.82, 2.24) is 5.43 Å². The average molecular weight is 390 g/mol. The number of nitrogens with one attached hydrogen (secondary N) is 1. The first kappa shape index (κ1) is 19.9. The zero-order valence-electron chi connectivity index (χ0n) is 16.2. The van der Waals surface area contributed by atoms with Crippen LogP contribution < -0.4 is 14.9 Å². The van der Waals surface area contributed by atoms with Crippen molar-refractivity contribution in [2.45, 2.75) is 13.0 Å². The Kier molecular flexibility index (Phi) is 6.47. The minimum Gasteiger partial charge on any atom is -0.504 e. The Labute approximate surface area is 169 Å². The number of benzene rings is 3. The number of phenols is 1. The van der Waals surface area contributed by atoms with Crippen molar-refractivity contribution in [3.05, 3.63) is 78.4 Å². The van der Waals surface area contributed by atoms with Crippen molar-refractivity contribution < 1.29 is 19.4 Å². The number of para-hydroxylation sites is 1. The van der Waals surface area contributed by atoms with Crippen LogP contribution in [0.4, 0.5) is 0 Å². The monoisotopic (exact) mass is 390 g/mol. The molecule has 1 unspecified atom stereocenters. The summed E-state index contributed by atoms with van der Waals surface area (Å²) in [6, 6.07) is 22.5. The van der Waals surface area contributed by atoms with Gasteiger partial charge in [0.05, 0.1) is 13.3 Å². The van der Waals surface area contributed by atoms with Crippen molar-refractivity contribution in [1.29, 1.82) is 0 Å². The first-order valence-electron chi connectivity index (χ1n) is 9.09. The molecular formula is C23H22N2O4. The Morgan fingerprint density at radius 2 is 1.69 bits per heavy atom. The summed E-state index contributed by atoms with van der Waals surface area (Å²) in [7, 11) is 1.46. The molecule has 0 saturated carbocycles. The third-order valence-corrected chi connectivity index (χ3v) is 4.27. The highest BCUT2D eigenvalue weighted by Gasteiger charge is 2.14. The molecule has 6 heteroatoms. The van der Waals surface area contributed by atoms with E-state index in [0.29, 0.717) is 17.1 Å². The number of nitrogens with zero attached hydrogens (tertiary/aromatic N) is 1. The summed E-state index contributed by atoms with van der Waals surface area (Å²) in [6.07, 6.45) is 0.602. The third-order valence-electron chi connectivity index (χ3n) is 4.27. The lowest BCUT2D eigenvalue weighted by molar-refractivity contribution is -0.127. The Bertz CT molecular complexity index is 986. The van der Waals surface area contributed by atoms with E-state index in [4.69, 9.17) is 9.47 Å². The predicted molar refractivity (Wildman–Crippen MR) is 112 cm³/mol. The molecule has 0 spiro atoms. The molecule has 0 aliphatic carbocycles. The zero-order chi connectivity index (χ0) is 20.6. The molecule has 0 radical (unpaired) electrons. The van der Waals surface area contributed by atoms with Gasteiger partial charge in [-0.25, -0.2) is 5.43 Å². The summed E-state index contributed by atoms with van der Waals surface area (Å²) >= 11 is 0. The van der Waals surface area contributed by atoms with Crippen molar-refractivity contribution in [2.75, 3.05) is 7.11 Å². The van der Waals surface area contributed by atoms with E-state index in [1.54, 1.807) is 25.1 Å². The van der Waals surface area contributed by atoms with E-state index in [1.807, 2.05) is 54.6 Å². The topological polar surface area (TPSA) is 80.2 Å². The van der Waals surface area contributed by atoms with Crippen LogP contribution in [-0.4, -0.2) is 30.4 Å². The molecule has 3 aromatic rings. The van der Waals surface area contributed by atoms with E-state index >= 15 is 0 Å². The smallest absolute Gasteiger partial charge is 0.280 e. The standard InChI is InChI=1S/C23H22N2O4/c1-16(23(27)25-24-15-19-9-6-10-21(28-2)22(19)26)29-20-13-11-18(12-14-20)17-7-4-3-5-8-17/h3-16,26H,1-2H3,(H,25,27)/b24-15+. The van der Waals surface area contributed by atoms with Crippen LogP contribution >= 0.6 is 0 Å². The normalized spacial score (nSPS) is 11.8. The number of aromatic hydroxyl groups is 1. The molecule has 0 bridgehead atoms. The molecule has 0 saturated heterocycles. The average Bonchev–Trinajstić information content (AvgIpc) is 2.76. The lowest BCUT2D eigenvalue weighted by Gasteiger charge is -2.13. The first-order chi connectivity index (χ1) is 14.1. The number of amides is 1. The molecule has 0 aliphatic heterocycles. The van der Waals surface area contributed by atoms with Gasteiger partial charge in [-0.3, -0.25) is 4.79 Å². The van der Waals surface area contributed by atoms with E-state index < -0.39 is 12.0 Å². The van der Waals surface area contributed by atoms with Crippen LogP contribution in [-0.2, 0) is 4.79 Å². The van der Waals surface area contributed by atoms with Crippen LogP contribution in [0.1, 0.15) is 12.5 Å². The van der Waals surface area contributed by atoms with Gasteiger partial charge in [0.25, 0.3) is 5.91 Å². The Morgan fingerprint density at radius 1 is 1.00 bits per heavy atom. The van der Waals surface area contributed by atoms with Gasteiger partial charge in [0.15, 0.2) is 17.6 Å². The molecule has 0 fully saturated rings. The number of carbonyl (C=O) groups excluding carboxylic acids is 1. The van der Waals surface area contributed by atoms with Gasteiger partial charge in [-0.15, -0.1) is 0 Å². The summed E-state index contributed by atoms with van der Waals surface area (Å²) < 4.78 is 10.7. The quantitative estimate of drug-likeness (QED) is 0.472. The minimum atomic E-state index is -0.742. The molecular weight excluding hydrogens is 368 g/mol. The summed E-state index contributed by atoms with van der Waals surface area (Å²) in [5.74, 6) is 0.462. The maximum atomic E-state index is 12.2. The van der Waals surface area contributed by atoms with Gasteiger partial charge in [0, 0.05) is 5.56 Å². The number of rotatable bonds is 7. The van der Waals surface area contributed by atoms with Gasteiger partial charge in [0.1, 0.15) is 5.75 Å². The van der Waals surface area contributed by atoms with Crippen LogP contribution in [0.3, 0.4) is 0 Å². The summed E-state index contributed by atoms with van der Waals surface area (Å²) in [4.78, 5) is 12.2. The largest absolute Gasteiger partial charge is 0.504 e. The molecule has 1 amide bonds. The van der Waals surface area contributed by atoms with Crippen molar-refractivity contribution in [3.63, 3.8) is 0 Å². The second-order valence-electron chi connectivity index (χ2n) is 6.28. The fourth-order valence-electron chi connectivity index (χ4n) is 2.68. The van der Waals surface area contributed by atoms with E-state index in [2.05, 4.69) is 10.5 Å². The molecule has 2 N–H and O–H groups in total. The van der Waals surface area contributed by atoms with Gasteiger partial charge in [-0.2, -0.15) is 5.10 Å². The van der Waals surface area contributed by atoms with E-state index in [0.717, 1.165) is 11.1 Å². The fourth-order valence-corrected chi connectivity index (χ4v) is 2.68. The van der Waals surface area contributed by atoms with Crippen molar-refractivity contribution in [2.24, 2.45) is 5.10 Å². The number of phenolic OH excluding ortho intramolecular Hbond substituents is 1. The van der Waals surface area contributed by atoms with Crippen LogP contribution in [0.25, 0.3) is 11.1 Å². The van der Waals surface area contributed by atoms with Gasteiger partial charge < -0.3 is 14.6 Å². The Balaban J connectivity index is 1.57. The third kappa shape index (κ3) is 5.13. The highest BCUT2D eigenvalue weighted by atomic mass is 16.5. The number of hydrazone groups is 1. The molecule has 1 atom stereocenters. The number of ether oxygens (including phenoxy) is 2. The number of methoxy groups -OCH3 is 1. The maximum Gasteiger partial charge on any atom is 0.280 e. The summed E-state index contributed by atoms with van der Waals surface area (Å²) in [5.41, 5.74) is 5.01. The van der Waals surface area contributed by atoms with Crippen LogP contribution in [0.15, 0.2) is 77.9 Å². The number of hydrogen-bond acceptors (Lipinski definition) is 5. The van der Waals surface area contributed by atoms with E-state index in [9.17, 15) is 9.90 Å². The van der Waals surface area contributed by atoms with Crippen LogP contribution in [0.5, 0.6) is 17.2 Å². The maximum absolute atomic E-state index is 12.2. The summed E-state index contributed by atoms with van der Waals surface area (Å²) in [6.45, 7) is 1.64. The number of hydrogen-bond donors (Lipinski definition) is 2. The second-order valence-corrected chi connectivity index (χ2v) is 6.28. The molecule has 148 valence electrons. The highest BCUT2D eigenvalue weighted by Crippen LogP contribution is 2.28. The molecule has 0 aromatic heterocycles. The molecule has 3 aromatic carbocycles. The molecule has 3 rings (SSSR count). The van der Waals surface area contributed by atoms with Crippen LogP contribution in [0, 0.1) is 0 Å². The van der Waals surface area contributed by atoms with Gasteiger partial charge >= 0.3 is 0 Å².